The van der Waals surface area contributed by atoms with E-state index in [4.69, 9.17) is 0 Å². The third kappa shape index (κ3) is 4.77. The standard InChI is InChI=1S/C15H31N3O/c1-5-17(6-2)15(19)13(3)18-11-8-14(9-12-18)7-10-16-4/h13-14,16H,5-12H2,1-4H3. The van der Waals surface area contributed by atoms with Crippen LogP contribution in [0.25, 0.3) is 0 Å². The highest BCUT2D eigenvalue weighted by atomic mass is 16.2. The number of likely N-dealkylation sites (N-methyl/N-ethyl adjacent to an activating group) is 1. The number of piperidine rings is 1. The molecule has 0 aromatic heterocycles. The molecule has 1 fully saturated rings. The van der Waals surface area contributed by atoms with Gasteiger partial charge < -0.3 is 10.2 Å². The molecule has 4 nitrogen and oxygen atoms in total. The normalized spacial score (nSPS) is 19.4. The van der Waals surface area contributed by atoms with Gasteiger partial charge in [0, 0.05) is 13.1 Å². The number of likely N-dealkylation sites (tertiary alicyclic amines) is 1. The fourth-order valence-electron chi connectivity index (χ4n) is 2.93. The van der Waals surface area contributed by atoms with Crippen LogP contribution in [0.3, 0.4) is 0 Å². The first-order valence-corrected chi connectivity index (χ1v) is 7.81. The maximum absolute atomic E-state index is 12.3. The summed E-state index contributed by atoms with van der Waals surface area (Å²) in [4.78, 5) is 16.6. The molecule has 1 N–H and O–H groups in total. The molecule has 1 aliphatic rings. The minimum absolute atomic E-state index is 0.0464. The summed E-state index contributed by atoms with van der Waals surface area (Å²) >= 11 is 0. The third-order valence-electron chi connectivity index (χ3n) is 4.43. The van der Waals surface area contributed by atoms with E-state index in [1.165, 1.54) is 19.3 Å². The molecule has 112 valence electrons. The number of hydrogen-bond donors (Lipinski definition) is 1. The molecule has 0 bridgehead atoms. The Hall–Kier alpha value is -0.610. The number of amides is 1. The van der Waals surface area contributed by atoms with Crippen LogP contribution >= 0.6 is 0 Å². The van der Waals surface area contributed by atoms with Crippen LogP contribution < -0.4 is 5.32 Å². The van der Waals surface area contributed by atoms with Crippen LogP contribution in [0.1, 0.15) is 40.0 Å². The molecule has 0 spiro atoms. The minimum Gasteiger partial charge on any atom is -0.342 e. The first kappa shape index (κ1) is 16.4. The average Bonchev–Trinajstić information content (AvgIpc) is 2.46. The second-order valence-corrected chi connectivity index (χ2v) is 5.56. The lowest BCUT2D eigenvalue weighted by Crippen LogP contribution is -2.49. The van der Waals surface area contributed by atoms with E-state index >= 15 is 0 Å². The molecule has 1 aliphatic heterocycles. The lowest BCUT2D eigenvalue weighted by Gasteiger charge is -2.37. The van der Waals surface area contributed by atoms with Crippen molar-refractivity contribution in [2.24, 2.45) is 5.92 Å². The number of carbonyl (C=O) groups is 1. The van der Waals surface area contributed by atoms with Crippen LogP contribution in [0.4, 0.5) is 0 Å². The molecule has 19 heavy (non-hydrogen) atoms. The SMILES string of the molecule is CCN(CC)C(=O)C(C)N1CCC(CCNC)CC1. The van der Waals surface area contributed by atoms with Crippen molar-refractivity contribution in [2.45, 2.75) is 46.1 Å². The van der Waals surface area contributed by atoms with Gasteiger partial charge in [0.15, 0.2) is 0 Å². The largest absolute Gasteiger partial charge is 0.342 e. The summed E-state index contributed by atoms with van der Waals surface area (Å²) in [5, 5.41) is 3.22. The maximum atomic E-state index is 12.3. The Labute approximate surface area is 118 Å². The van der Waals surface area contributed by atoms with Crippen molar-refractivity contribution in [2.75, 3.05) is 39.8 Å². The van der Waals surface area contributed by atoms with Gasteiger partial charge in [0.1, 0.15) is 0 Å². The van der Waals surface area contributed by atoms with Gasteiger partial charge in [-0.05, 0) is 72.6 Å². The Morgan fingerprint density at radius 3 is 2.37 bits per heavy atom. The van der Waals surface area contributed by atoms with Gasteiger partial charge in [-0.15, -0.1) is 0 Å². The highest BCUT2D eigenvalue weighted by Gasteiger charge is 2.28. The summed E-state index contributed by atoms with van der Waals surface area (Å²) in [5.74, 6) is 1.12. The van der Waals surface area contributed by atoms with Gasteiger partial charge in [0.25, 0.3) is 0 Å². The van der Waals surface area contributed by atoms with E-state index in [1.54, 1.807) is 0 Å². The predicted molar refractivity (Wildman–Crippen MR) is 80.2 cm³/mol. The monoisotopic (exact) mass is 269 g/mol. The molecule has 1 amide bonds. The number of rotatable bonds is 7. The van der Waals surface area contributed by atoms with Crippen molar-refractivity contribution in [3.63, 3.8) is 0 Å². The highest BCUT2D eigenvalue weighted by Crippen LogP contribution is 2.22. The second kappa shape index (κ2) is 8.54. The molecule has 1 rings (SSSR count). The second-order valence-electron chi connectivity index (χ2n) is 5.56. The zero-order valence-corrected chi connectivity index (χ0v) is 13.1. The van der Waals surface area contributed by atoms with Gasteiger partial charge in [0.2, 0.25) is 5.91 Å². The lowest BCUT2D eigenvalue weighted by atomic mass is 9.92. The molecular weight excluding hydrogens is 238 g/mol. The zero-order valence-electron chi connectivity index (χ0n) is 13.1. The van der Waals surface area contributed by atoms with Crippen LogP contribution in [0.15, 0.2) is 0 Å². The first-order valence-electron chi connectivity index (χ1n) is 7.81. The van der Waals surface area contributed by atoms with Gasteiger partial charge in [-0.25, -0.2) is 0 Å². The minimum atomic E-state index is 0.0464. The van der Waals surface area contributed by atoms with E-state index in [0.29, 0.717) is 5.91 Å². The van der Waals surface area contributed by atoms with Crippen molar-refractivity contribution in [1.29, 1.82) is 0 Å². The fraction of sp³-hybridized carbons (Fsp3) is 0.933. The lowest BCUT2D eigenvalue weighted by molar-refractivity contribution is -0.136. The smallest absolute Gasteiger partial charge is 0.239 e. The van der Waals surface area contributed by atoms with Crippen molar-refractivity contribution in [3.05, 3.63) is 0 Å². The number of nitrogens with zero attached hydrogens (tertiary/aromatic N) is 2. The quantitative estimate of drug-likeness (QED) is 0.762. The van der Waals surface area contributed by atoms with Gasteiger partial charge >= 0.3 is 0 Å². The third-order valence-corrected chi connectivity index (χ3v) is 4.43. The molecule has 0 saturated carbocycles. The molecule has 1 saturated heterocycles. The summed E-state index contributed by atoms with van der Waals surface area (Å²) in [5.41, 5.74) is 0. The molecule has 0 aromatic carbocycles. The van der Waals surface area contributed by atoms with Crippen LogP contribution in [0.5, 0.6) is 0 Å². The van der Waals surface area contributed by atoms with E-state index in [-0.39, 0.29) is 6.04 Å². The molecule has 0 aromatic rings. The molecule has 0 radical (unpaired) electrons. The Morgan fingerprint density at radius 2 is 1.89 bits per heavy atom. The number of hydrogen-bond acceptors (Lipinski definition) is 3. The van der Waals surface area contributed by atoms with Crippen LogP contribution in [-0.2, 0) is 4.79 Å². The van der Waals surface area contributed by atoms with Gasteiger partial charge in [-0.1, -0.05) is 0 Å². The van der Waals surface area contributed by atoms with Gasteiger partial charge in [-0.3, -0.25) is 9.69 Å². The molecule has 4 heteroatoms. The highest BCUT2D eigenvalue weighted by molar-refractivity contribution is 5.81. The van der Waals surface area contributed by atoms with Gasteiger partial charge in [0.05, 0.1) is 6.04 Å². The maximum Gasteiger partial charge on any atom is 0.239 e. The number of nitrogens with one attached hydrogen (secondary N) is 1. The van der Waals surface area contributed by atoms with Crippen LogP contribution in [-0.4, -0.2) is 61.5 Å². The summed E-state index contributed by atoms with van der Waals surface area (Å²) < 4.78 is 0. The Balaban J connectivity index is 2.39. The average molecular weight is 269 g/mol. The molecule has 1 unspecified atom stereocenters. The predicted octanol–water partition coefficient (Wildman–Crippen LogP) is 1.56. The van der Waals surface area contributed by atoms with E-state index in [9.17, 15) is 4.79 Å². The van der Waals surface area contributed by atoms with Crippen LogP contribution in [0.2, 0.25) is 0 Å². The van der Waals surface area contributed by atoms with E-state index < -0.39 is 0 Å². The summed E-state index contributed by atoms with van der Waals surface area (Å²) in [6, 6.07) is 0.0464. The molecule has 0 aliphatic carbocycles. The van der Waals surface area contributed by atoms with E-state index in [1.807, 2.05) is 11.9 Å². The first-order chi connectivity index (χ1) is 9.13. The molecule has 1 atom stereocenters. The van der Waals surface area contributed by atoms with Crippen molar-refractivity contribution >= 4 is 5.91 Å². The topological polar surface area (TPSA) is 35.6 Å². The van der Waals surface area contributed by atoms with Crippen molar-refractivity contribution < 1.29 is 4.79 Å². The van der Waals surface area contributed by atoms with Gasteiger partial charge in [-0.2, -0.15) is 0 Å². The summed E-state index contributed by atoms with van der Waals surface area (Å²) in [6.07, 6.45) is 3.73. The number of carbonyl (C=O) groups excluding carboxylic acids is 1. The van der Waals surface area contributed by atoms with Crippen molar-refractivity contribution in [1.82, 2.24) is 15.1 Å². The Kier molecular flexibility index (Phi) is 7.39. The fourth-order valence-corrected chi connectivity index (χ4v) is 2.93. The summed E-state index contributed by atoms with van der Waals surface area (Å²) in [6.45, 7) is 11.1. The Bertz CT molecular complexity index is 258. The van der Waals surface area contributed by atoms with E-state index in [2.05, 4.69) is 31.0 Å². The summed E-state index contributed by atoms with van der Waals surface area (Å²) in [7, 11) is 2.01. The van der Waals surface area contributed by atoms with Crippen molar-refractivity contribution in [3.8, 4) is 0 Å². The van der Waals surface area contributed by atoms with E-state index in [0.717, 1.165) is 38.6 Å². The zero-order chi connectivity index (χ0) is 14.3. The molecular formula is C15H31N3O. The molecule has 1 heterocycles. The Morgan fingerprint density at radius 1 is 1.32 bits per heavy atom. The van der Waals surface area contributed by atoms with Crippen LogP contribution in [0, 0.1) is 5.92 Å².